The van der Waals surface area contributed by atoms with Crippen LogP contribution in [0.4, 0.5) is 0 Å². The summed E-state index contributed by atoms with van der Waals surface area (Å²) in [6, 6.07) is 3.52. The molecule has 1 amide bonds. The molecule has 1 aliphatic rings. The van der Waals surface area contributed by atoms with Crippen LogP contribution >= 0.6 is 0 Å². The third kappa shape index (κ3) is 4.70. The van der Waals surface area contributed by atoms with Gasteiger partial charge in [0.2, 0.25) is 0 Å². The Hall–Kier alpha value is -2.17. The van der Waals surface area contributed by atoms with Crippen molar-refractivity contribution in [3.05, 3.63) is 35.7 Å². The predicted octanol–water partition coefficient (Wildman–Crippen LogP) is 2.49. The fourth-order valence-corrected chi connectivity index (χ4v) is 2.24. The van der Waals surface area contributed by atoms with Gasteiger partial charge in [-0.2, -0.15) is 0 Å². The van der Waals surface area contributed by atoms with Crippen molar-refractivity contribution in [3.63, 3.8) is 0 Å². The Labute approximate surface area is 124 Å². The summed E-state index contributed by atoms with van der Waals surface area (Å²) < 4.78 is 0. The van der Waals surface area contributed by atoms with Gasteiger partial charge < -0.3 is 10.4 Å². The van der Waals surface area contributed by atoms with Crippen molar-refractivity contribution in [3.8, 4) is 0 Å². The van der Waals surface area contributed by atoms with Crippen molar-refractivity contribution in [2.24, 2.45) is 5.92 Å². The van der Waals surface area contributed by atoms with Crippen LogP contribution in [0.2, 0.25) is 0 Å². The maximum absolute atomic E-state index is 12.3. The SMILES string of the molecule is CCC(CC1CC1)NC(=O)c1ncccc1/C=C/C(=O)O. The van der Waals surface area contributed by atoms with E-state index in [0.29, 0.717) is 5.56 Å². The Balaban J connectivity index is 2.08. The van der Waals surface area contributed by atoms with Gasteiger partial charge in [-0.05, 0) is 30.9 Å². The molecule has 1 saturated carbocycles. The van der Waals surface area contributed by atoms with Crippen molar-refractivity contribution < 1.29 is 14.7 Å². The minimum atomic E-state index is -1.05. The van der Waals surface area contributed by atoms with Crippen LogP contribution in [-0.4, -0.2) is 28.0 Å². The molecule has 1 aromatic heterocycles. The molecular formula is C16H20N2O3. The second kappa shape index (κ2) is 7.02. The highest BCUT2D eigenvalue weighted by atomic mass is 16.4. The second-order valence-corrected chi connectivity index (χ2v) is 5.37. The molecule has 21 heavy (non-hydrogen) atoms. The molecule has 5 heteroatoms. The maximum Gasteiger partial charge on any atom is 0.328 e. The lowest BCUT2D eigenvalue weighted by Crippen LogP contribution is -2.35. The lowest BCUT2D eigenvalue weighted by Gasteiger charge is -2.17. The Morgan fingerprint density at radius 2 is 2.29 bits per heavy atom. The number of hydrogen-bond donors (Lipinski definition) is 2. The van der Waals surface area contributed by atoms with Crippen LogP contribution in [-0.2, 0) is 4.79 Å². The number of carboxylic acids is 1. The zero-order chi connectivity index (χ0) is 15.2. The number of carboxylic acid groups (broad SMARTS) is 1. The number of nitrogens with zero attached hydrogens (tertiary/aromatic N) is 1. The Morgan fingerprint density at radius 1 is 1.52 bits per heavy atom. The molecule has 0 radical (unpaired) electrons. The van der Waals surface area contributed by atoms with Gasteiger partial charge in [0.05, 0.1) is 0 Å². The molecule has 5 nitrogen and oxygen atoms in total. The van der Waals surface area contributed by atoms with Gasteiger partial charge in [0, 0.05) is 23.9 Å². The summed E-state index contributed by atoms with van der Waals surface area (Å²) in [5.41, 5.74) is 0.780. The average Bonchev–Trinajstić information content (AvgIpc) is 3.28. The molecule has 0 bridgehead atoms. The quantitative estimate of drug-likeness (QED) is 0.755. The molecule has 1 unspecified atom stereocenters. The topological polar surface area (TPSA) is 79.3 Å². The lowest BCUT2D eigenvalue weighted by molar-refractivity contribution is -0.131. The van der Waals surface area contributed by atoms with Crippen LogP contribution in [0.1, 0.15) is 48.7 Å². The molecule has 0 aliphatic heterocycles. The highest BCUT2D eigenvalue weighted by Crippen LogP contribution is 2.34. The number of rotatable bonds is 7. The molecule has 0 aromatic carbocycles. The number of nitrogens with one attached hydrogen (secondary N) is 1. The number of carbonyl (C=O) groups excluding carboxylic acids is 1. The minimum Gasteiger partial charge on any atom is -0.478 e. The highest BCUT2D eigenvalue weighted by Gasteiger charge is 2.26. The number of aromatic nitrogens is 1. The zero-order valence-corrected chi connectivity index (χ0v) is 12.1. The van der Waals surface area contributed by atoms with Gasteiger partial charge >= 0.3 is 5.97 Å². The van der Waals surface area contributed by atoms with E-state index in [1.165, 1.54) is 25.1 Å². The van der Waals surface area contributed by atoms with E-state index in [0.717, 1.165) is 24.8 Å². The van der Waals surface area contributed by atoms with E-state index in [4.69, 9.17) is 5.11 Å². The molecule has 0 spiro atoms. The highest BCUT2D eigenvalue weighted by molar-refractivity contribution is 5.97. The van der Waals surface area contributed by atoms with E-state index in [-0.39, 0.29) is 17.6 Å². The third-order valence-electron chi connectivity index (χ3n) is 3.60. The van der Waals surface area contributed by atoms with Crippen molar-refractivity contribution in [1.82, 2.24) is 10.3 Å². The van der Waals surface area contributed by atoms with Crippen LogP contribution in [0.15, 0.2) is 24.4 Å². The normalized spacial score (nSPS) is 15.9. The number of amides is 1. The molecule has 1 aliphatic carbocycles. The Bertz CT molecular complexity index is 550. The van der Waals surface area contributed by atoms with E-state index in [1.807, 2.05) is 0 Å². The van der Waals surface area contributed by atoms with Gasteiger partial charge in [-0.3, -0.25) is 9.78 Å². The smallest absolute Gasteiger partial charge is 0.328 e. The summed E-state index contributed by atoms with van der Waals surface area (Å²) in [6.07, 6.45) is 8.34. The minimum absolute atomic E-state index is 0.156. The van der Waals surface area contributed by atoms with Gasteiger partial charge in [0.25, 0.3) is 5.91 Å². The fraction of sp³-hybridized carbons (Fsp3) is 0.438. The average molecular weight is 288 g/mol. The first-order chi connectivity index (χ1) is 10.1. The maximum atomic E-state index is 12.3. The number of pyridine rings is 1. The summed E-state index contributed by atoms with van der Waals surface area (Å²) in [4.78, 5) is 27.0. The zero-order valence-electron chi connectivity index (χ0n) is 12.1. The Kier molecular flexibility index (Phi) is 5.09. The van der Waals surface area contributed by atoms with E-state index in [9.17, 15) is 9.59 Å². The predicted molar refractivity (Wildman–Crippen MR) is 79.8 cm³/mol. The molecule has 1 aromatic rings. The van der Waals surface area contributed by atoms with Crippen LogP contribution in [0, 0.1) is 5.92 Å². The molecule has 1 atom stereocenters. The molecule has 2 rings (SSSR count). The molecule has 1 heterocycles. The molecule has 112 valence electrons. The summed E-state index contributed by atoms with van der Waals surface area (Å²) in [5.74, 6) is -0.552. The van der Waals surface area contributed by atoms with Crippen LogP contribution in [0.5, 0.6) is 0 Å². The molecule has 2 N–H and O–H groups in total. The summed E-state index contributed by atoms with van der Waals surface area (Å²) in [7, 11) is 0. The van der Waals surface area contributed by atoms with Crippen molar-refractivity contribution in [1.29, 1.82) is 0 Å². The first kappa shape index (κ1) is 15.2. The van der Waals surface area contributed by atoms with Gasteiger partial charge in [-0.25, -0.2) is 4.79 Å². The van der Waals surface area contributed by atoms with Crippen LogP contribution in [0.25, 0.3) is 6.08 Å². The van der Waals surface area contributed by atoms with Crippen molar-refractivity contribution in [2.45, 2.75) is 38.6 Å². The van der Waals surface area contributed by atoms with Gasteiger partial charge in [-0.15, -0.1) is 0 Å². The number of carbonyl (C=O) groups is 2. The Morgan fingerprint density at radius 3 is 2.90 bits per heavy atom. The first-order valence-corrected chi connectivity index (χ1v) is 7.27. The van der Waals surface area contributed by atoms with Gasteiger partial charge in [-0.1, -0.05) is 25.8 Å². The summed E-state index contributed by atoms with van der Waals surface area (Å²) in [5, 5.41) is 11.7. The summed E-state index contributed by atoms with van der Waals surface area (Å²) >= 11 is 0. The van der Waals surface area contributed by atoms with E-state index < -0.39 is 5.97 Å². The van der Waals surface area contributed by atoms with Gasteiger partial charge in [0.1, 0.15) is 5.69 Å². The lowest BCUT2D eigenvalue weighted by atomic mass is 10.1. The molecule has 1 fully saturated rings. The first-order valence-electron chi connectivity index (χ1n) is 7.27. The second-order valence-electron chi connectivity index (χ2n) is 5.37. The largest absolute Gasteiger partial charge is 0.478 e. The van der Waals surface area contributed by atoms with E-state index >= 15 is 0 Å². The van der Waals surface area contributed by atoms with Crippen molar-refractivity contribution >= 4 is 18.0 Å². The third-order valence-corrected chi connectivity index (χ3v) is 3.60. The fourth-order valence-electron chi connectivity index (χ4n) is 2.24. The van der Waals surface area contributed by atoms with Crippen molar-refractivity contribution in [2.75, 3.05) is 0 Å². The van der Waals surface area contributed by atoms with E-state index in [2.05, 4.69) is 17.2 Å². The summed E-state index contributed by atoms with van der Waals surface area (Å²) in [6.45, 7) is 2.05. The number of hydrogen-bond acceptors (Lipinski definition) is 3. The molecular weight excluding hydrogens is 268 g/mol. The molecule has 0 saturated heterocycles. The monoisotopic (exact) mass is 288 g/mol. The number of aliphatic carboxylic acids is 1. The van der Waals surface area contributed by atoms with E-state index in [1.54, 1.807) is 12.1 Å². The van der Waals surface area contributed by atoms with Crippen LogP contribution < -0.4 is 5.32 Å². The van der Waals surface area contributed by atoms with Gasteiger partial charge in [0.15, 0.2) is 0 Å². The van der Waals surface area contributed by atoms with Crippen LogP contribution in [0.3, 0.4) is 0 Å². The standard InChI is InChI=1S/C16H20N2O3/c1-2-13(10-11-5-6-11)18-16(21)15-12(4-3-9-17-15)7-8-14(19)20/h3-4,7-9,11,13H,2,5-6,10H2,1H3,(H,18,21)(H,19,20)/b8-7+.